The predicted octanol–water partition coefficient (Wildman–Crippen LogP) is 3.26. The van der Waals surface area contributed by atoms with Crippen LogP contribution in [0.2, 0.25) is 0 Å². The van der Waals surface area contributed by atoms with Crippen LogP contribution in [0.5, 0.6) is 0 Å². The number of nitrogens with one attached hydrogen (secondary N) is 2. The molecule has 6 heteroatoms. The molecule has 2 N–H and O–H groups in total. The van der Waals surface area contributed by atoms with Crippen LogP contribution >= 0.6 is 22.7 Å². The Labute approximate surface area is 124 Å². The summed E-state index contributed by atoms with van der Waals surface area (Å²) in [5.41, 5.74) is 1.18. The van der Waals surface area contributed by atoms with Crippen LogP contribution in [0.25, 0.3) is 0 Å². The van der Waals surface area contributed by atoms with Gasteiger partial charge in [0.2, 0.25) is 0 Å². The zero-order valence-corrected chi connectivity index (χ0v) is 12.6. The summed E-state index contributed by atoms with van der Waals surface area (Å²) in [6, 6.07) is 3.90. The molecule has 2 aromatic heterocycles. The lowest BCUT2D eigenvalue weighted by molar-refractivity contribution is 0.0952. The smallest absolute Gasteiger partial charge is 0.257 e. The maximum Gasteiger partial charge on any atom is 0.257 e. The van der Waals surface area contributed by atoms with Crippen LogP contribution in [0.4, 0.5) is 5.00 Å². The fourth-order valence-electron chi connectivity index (χ4n) is 1.81. The van der Waals surface area contributed by atoms with E-state index in [1.54, 1.807) is 6.07 Å². The van der Waals surface area contributed by atoms with Gasteiger partial charge in [0.15, 0.2) is 0 Å². The number of anilines is 1. The van der Waals surface area contributed by atoms with Crippen LogP contribution in [-0.2, 0) is 0 Å². The molecule has 20 heavy (non-hydrogen) atoms. The first-order valence-corrected chi connectivity index (χ1v) is 8.14. The van der Waals surface area contributed by atoms with Crippen molar-refractivity contribution in [2.75, 3.05) is 5.32 Å². The lowest BCUT2D eigenvalue weighted by Crippen LogP contribution is -2.26. The van der Waals surface area contributed by atoms with Gasteiger partial charge < -0.3 is 10.6 Å². The lowest BCUT2D eigenvalue weighted by atomic mass is 10.2. The standard InChI is InChI=1S/C14H14N2O2S2/c1-8-6-9(7-20-8)12(17)16-14-11(4-5-19-14)13(18)15-10-2-3-10/h4-7,10H,2-3H2,1H3,(H,15,18)(H,16,17). The van der Waals surface area contributed by atoms with Crippen molar-refractivity contribution in [2.24, 2.45) is 0 Å². The maximum atomic E-state index is 12.1. The molecular formula is C14H14N2O2S2. The summed E-state index contributed by atoms with van der Waals surface area (Å²) < 4.78 is 0. The maximum absolute atomic E-state index is 12.1. The third-order valence-electron chi connectivity index (χ3n) is 3.04. The fraction of sp³-hybridized carbons (Fsp3) is 0.286. The molecule has 1 saturated carbocycles. The number of aryl methyl sites for hydroxylation is 1. The molecular weight excluding hydrogens is 292 g/mol. The molecule has 2 amide bonds. The number of amides is 2. The summed E-state index contributed by atoms with van der Waals surface area (Å²) in [6.07, 6.45) is 2.09. The minimum Gasteiger partial charge on any atom is -0.349 e. The highest BCUT2D eigenvalue weighted by Gasteiger charge is 2.25. The number of hydrogen-bond acceptors (Lipinski definition) is 4. The Morgan fingerprint density at radius 3 is 2.70 bits per heavy atom. The van der Waals surface area contributed by atoms with Gasteiger partial charge >= 0.3 is 0 Å². The van der Waals surface area contributed by atoms with Gasteiger partial charge in [0, 0.05) is 16.3 Å². The average Bonchev–Trinajstić information content (AvgIpc) is 2.92. The Morgan fingerprint density at radius 1 is 1.25 bits per heavy atom. The molecule has 0 radical (unpaired) electrons. The molecule has 2 heterocycles. The van der Waals surface area contributed by atoms with E-state index in [1.807, 2.05) is 23.8 Å². The second-order valence-electron chi connectivity index (χ2n) is 4.81. The van der Waals surface area contributed by atoms with Gasteiger partial charge in [-0.1, -0.05) is 0 Å². The normalized spacial score (nSPS) is 14.1. The molecule has 0 bridgehead atoms. The highest BCUT2D eigenvalue weighted by atomic mass is 32.1. The van der Waals surface area contributed by atoms with Crippen LogP contribution in [-0.4, -0.2) is 17.9 Å². The van der Waals surface area contributed by atoms with Crippen LogP contribution in [0.1, 0.15) is 38.4 Å². The van der Waals surface area contributed by atoms with Crippen LogP contribution in [0.3, 0.4) is 0 Å². The van der Waals surface area contributed by atoms with Crippen molar-refractivity contribution < 1.29 is 9.59 Å². The van der Waals surface area contributed by atoms with Crippen molar-refractivity contribution in [3.8, 4) is 0 Å². The largest absolute Gasteiger partial charge is 0.349 e. The molecule has 2 aromatic rings. The highest BCUT2D eigenvalue weighted by molar-refractivity contribution is 7.14. The molecule has 1 aliphatic carbocycles. The van der Waals surface area contributed by atoms with Gasteiger partial charge in [-0.05, 0) is 37.3 Å². The fourth-order valence-corrected chi connectivity index (χ4v) is 3.28. The number of carbonyl (C=O) groups is 2. The van der Waals surface area contributed by atoms with Gasteiger partial charge in [-0.2, -0.15) is 0 Å². The van der Waals surface area contributed by atoms with E-state index >= 15 is 0 Å². The minimum absolute atomic E-state index is 0.106. The van der Waals surface area contributed by atoms with E-state index in [9.17, 15) is 9.59 Å². The SMILES string of the molecule is Cc1cc(C(=O)Nc2sccc2C(=O)NC2CC2)cs1. The van der Waals surface area contributed by atoms with Crippen molar-refractivity contribution in [3.05, 3.63) is 38.9 Å². The van der Waals surface area contributed by atoms with Crippen molar-refractivity contribution in [1.82, 2.24) is 5.32 Å². The van der Waals surface area contributed by atoms with E-state index in [-0.39, 0.29) is 11.8 Å². The summed E-state index contributed by atoms with van der Waals surface area (Å²) in [4.78, 5) is 25.2. The van der Waals surface area contributed by atoms with E-state index in [1.165, 1.54) is 22.7 Å². The van der Waals surface area contributed by atoms with Crippen molar-refractivity contribution in [2.45, 2.75) is 25.8 Å². The van der Waals surface area contributed by atoms with Gasteiger partial charge in [0.25, 0.3) is 11.8 Å². The Kier molecular flexibility index (Phi) is 3.58. The van der Waals surface area contributed by atoms with Crippen LogP contribution < -0.4 is 10.6 Å². The van der Waals surface area contributed by atoms with Gasteiger partial charge in [0.05, 0.1) is 11.1 Å². The van der Waals surface area contributed by atoms with E-state index in [2.05, 4.69) is 10.6 Å². The second kappa shape index (κ2) is 5.38. The summed E-state index contributed by atoms with van der Waals surface area (Å²) in [6.45, 7) is 1.96. The average molecular weight is 306 g/mol. The van der Waals surface area contributed by atoms with Crippen LogP contribution in [0, 0.1) is 6.92 Å². The Hall–Kier alpha value is -1.66. The van der Waals surface area contributed by atoms with Gasteiger partial charge in [-0.25, -0.2) is 0 Å². The predicted molar refractivity (Wildman–Crippen MR) is 81.8 cm³/mol. The third-order valence-corrected chi connectivity index (χ3v) is 4.73. The second-order valence-corrected chi connectivity index (χ2v) is 6.84. The third kappa shape index (κ3) is 2.91. The summed E-state index contributed by atoms with van der Waals surface area (Å²) in [5, 5.41) is 10.00. The van der Waals surface area contributed by atoms with Crippen LogP contribution in [0.15, 0.2) is 22.9 Å². The van der Waals surface area contributed by atoms with E-state index in [4.69, 9.17) is 0 Å². The molecule has 4 nitrogen and oxygen atoms in total. The zero-order chi connectivity index (χ0) is 14.1. The number of hydrogen-bond donors (Lipinski definition) is 2. The number of thiophene rings is 2. The molecule has 0 unspecified atom stereocenters. The van der Waals surface area contributed by atoms with Gasteiger partial charge in [-0.3, -0.25) is 9.59 Å². The monoisotopic (exact) mass is 306 g/mol. The number of carbonyl (C=O) groups excluding carboxylic acids is 2. The Morgan fingerprint density at radius 2 is 2.05 bits per heavy atom. The van der Waals surface area contributed by atoms with Crippen molar-refractivity contribution in [3.63, 3.8) is 0 Å². The first-order chi connectivity index (χ1) is 9.63. The van der Waals surface area contributed by atoms with Gasteiger partial charge in [-0.15, -0.1) is 22.7 Å². The molecule has 0 atom stereocenters. The molecule has 0 aliphatic heterocycles. The molecule has 0 aromatic carbocycles. The molecule has 0 saturated heterocycles. The summed E-state index contributed by atoms with van der Waals surface area (Å²) in [5.74, 6) is -0.275. The molecule has 1 fully saturated rings. The highest BCUT2D eigenvalue weighted by Crippen LogP contribution is 2.26. The molecule has 3 rings (SSSR count). The summed E-state index contributed by atoms with van der Waals surface area (Å²) >= 11 is 2.90. The molecule has 1 aliphatic rings. The van der Waals surface area contributed by atoms with Crippen molar-refractivity contribution >= 4 is 39.5 Å². The first kappa shape index (κ1) is 13.3. The summed E-state index contributed by atoms with van der Waals surface area (Å²) in [7, 11) is 0. The first-order valence-electron chi connectivity index (χ1n) is 6.38. The van der Waals surface area contributed by atoms with E-state index in [0.717, 1.165) is 17.7 Å². The molecule has 104 valence electrons. The Bertz CT molecular complexity index is 656. The molecule has 0 spiro atoms. The lowest BCUT2D eigenvalue weighted by Gasteiger charge is -2.06. The van der Waals surface area contributed by atoms with E-state index in [0.29, 0.717) is 22.2 Å². The van der Waals surface area contributed by atoms with Gasteiger partial charge in [0.1, 0.15) is 5.00 Å². The van der Waals surface area contributed by atoms with E-state index < -0.39 is 0 Å². The zero-order valence-electron chi connectivity index (χ0n) is 10.9. The Balaban J connectivity index is 1.72. The number of rotatable bonds is 4. The quantitative estimate of drug-likeness (QED) is 0.911. The minimum atomic E-state index is -0.169. The topological polar surface area (TPSA) is 58.2 Å². The van der Waals surface area contributed by atoms with Crippen molar-refractivity contribution in [1.29, 1.82) is 0 Å².